The summed E-state index contributed by atoms with van der Waals surface area (Å²) < 4.78 is 0. The lowest BCUT2D eigenvalue weighted by molar-refractivity contribution is -0.126. The number of carbonyl (C=O) groups excluding carboxylic acids is 2. The summed E-state index contributed by atoms with van der Waals surface area (Å²) in [6.07, 6.45) is 1.57. The third kappa shape index (κ3) is 4.78. The second-order valence-electron chi connectivity index (χ2n) is 3.79. The fraction of sp³-hybridized carbons (Fsp3) is 0.800. The Morgan fingerprint density at radius 3 is 2.73 bits per heavy atom. The molecule has 0 radical (unpaired) electrons. The summed E-state index contributed by atoms with van der Waals surface area (Å²) in [6.45, 7) is 4.45. The largest absolute Gasteiger partial charge is 0.355 e. The van der Waals surface area contributed by atoms with Crippen molar-refractivity contribution >= 4 is 11.8 Å². The van der Waals surface area contributed by atoms with Crippen LogP contribution in [-0.2, 0) is 9.59 Å². The molecule has 3 N–H and O–H groups in total. The zero-order valence-electron chi connectivity index (χ0n) is 9.14. The monoisotopic (exact) mass is 213 g/mol. The molecule has 5 heteroatoms. The third-order valence-electron chi connectivity index (χ3n) is 2.46. The van der Waals surface area contributed by atoms with E-state index < -0.39 is 0 Å². The highest BCUT2D eigenvalue weighted by Gasteiger charge is 2.17. The van der Waals surface area contributed by atoms with Gasteiger partial charge in [-0.25, -0.2) is 0 Å². The fourth-order valence-electron chi connectivity index (χ4n) is 1.66. The number of rotatable bonds is 5. The van der Waals surface area contributed by atoms with Crippen LogP contribution in [0.4, 0.5) is 0 Å². The summed E-state index contributed by atoms with van der Waals surface area (Å²) in [4.78, 5) is 22.4. The topological polar surface area (TPSA) is 70.2 Å². The zero-order chi connectivity index (χ0) is 11.1. The lowest BCUT2D eigenvalue weighted by atomic mass is 10.0. The molecule has 0 aliphatic carbocycles. The van der Waals surface area contributed by atoms with Crippen LogP contribution in [-0.4, -0.2) is 38.0 Å². The molecule has 2 amide bonds. The van der Waals surface area contributed by atoms with E-state index >= 15 is 0 Å². The molecule has 0 spiro atoms. The Labute approximate surface area is 90.0 Å². The normalized spacial score (nSPS) is 19.9. The Morgan fingerprint density at radius 2 is 2.13 bits per heavy atom. The number of likely N-dealkylation sites (N-methyl/N-ethyl adjacent to an activating group) is 1. The van der Waals surface area contributed by atoms with Crippen molar-refractivity contribution in [1.29, 1.82) is 0 Å². The first-order chi connectivity index (χ1) is 7.22. The van der Waals surface area contributed by atoms with Crippen molar-refractivity contribution in [1.82, 2.24) is 16.0 Å². The predicted molar refractivity (Wildman–Crippen MR) is 57.3 cm³/mol. The molecule has 0 aromatic carbocycles. The maximum Gasteiger partial charge on any atom is 0.239 e. The minimum absolute atomic E-state index is 0.0325. The van der Waals surface area contributed by atoms with Crippen molar-refractivity contribution in [3.63, 3.8) is 0 Å². The summed E-state index contributed by atoms with van der Waals surface area (Å²) in [5.74, 6) is 0.268. The smallest absolute Gasteiger partial charge is 0.239 e. The zero-order valence-corrected chi connectivity index (χ0v) is 9.14. The molecule has 0 aromatic heterocycles. The highest BCUT2D eigenvalue weighted by Crippen LogP contribution is 2.11. The summed E-state index contributed by atoms with van der Waals surface area (Å²) in [6, 6.07) is 0. The maximum atomic E-state index is 11.4. The van der Waals surface area contributed by atoms with Crippen molar-refractivity contribution in [2.75, 3.05) is 26.2 Å². The molecule has 15 heavy (non-hydrogen) atoms. The standard InChI is InChI=1S/C10H19N3O2/c1-2-12-10(15)7-13-9(14)5-8-3-4-11-6-8/h8,11H,2-7H2,1H3,(H,12,15)(H,13,14). The second kappa shape index (κ2) is 6.40. The van der Waals surface area contributed by atoms with Gasteiger partial charge in [0.15, 0.2) is 0 Å². The first-order valence-electron chi connectivity index (χ1n) is 5.46. The maximum absolute atomic E-state index is 11.4. The molecule has 0 saturated carbocycles. The van der Waals surface area contributed by atoms with Gasteiger partial charge >= 0.3 is 0 Å². The minimum atomic E-state index is -0.129. The number of nitrogens with one attached hydrogen (secondary N) is 3. The molecule has 0 bridgehead atoms. The van der Waals surface area contributed by atoms with Gasteiger partial charge in [0.25, 0.3) is 0 Å². The van der Waals surface area contributed by atoms with Crippen molar-refractivity contribution < 1.29 is 9.59 Å². The van der Waals surface area contributed by atoms with Gasteiger partial charge in [-0.1, -0.05) is 0 Å². The van der Waals surface area contributed by atoms with Gasteiger partial charge in [-0.05, 0) is 32.4 Å². The van der Waals surface area contributed by atoms with Gasteiger partial charge in [0.2, 0.25) is 11.8 Å². The van der Waals surface area contributed by atoms with E-state index in [0.29, 0.717) is 18.9 Å². The van der Waals surface area contributed by atoms with E-state index in [1.165, 1.54) is 0 Å². The average Bonchev–Trinajstić information content (AvgIpc) is 2.68. The molecule has 1 unspecified atom stereocenters. The van der Waals surface area contributed by atoms with Gasteiger partial charge in [0.05, 0.1) is 6.54 Å². The summed E-state index contributed by atoms with van der Waals surface area (Å²) in [7, 11) is 0. The Hall–Kier alpha value is -1.10. The molecule has 86 valence electrons. The molecule has 1 aliphatic rings. The Balaban J connectivity index is 2.10. The van der Waals surface area contributed by atoms with Crippen LogP contribution in [0.1, 0.15) is 19.8 Å². The number of hydrogen-bond acceptors (Lipinski definition) is 3. The van der Waals surface area contributed by atoms with Crippen LogP contribution in [0.2, 0.25) is 0 Å². The summed E-state index contributed by atoms with van der Waals surface area (Å²) in [5.41, 5.74) is 0. The summed E-state index contributed by atoms with van der Waals surface area (Å²) >= 11 is 0. The summed E-state index contributed by atoms with van der Waals surface area (Å²) in [5, 5.41) is 8.45. The minimum Gasteiger partial charge on any atom is -0.355 e. The van der Waals surface area contributed by atoms with Gasteiger partial charge in [-0.3, -0.25) is 9.59 Å². The van der Waals surface area contributed by atoms with Gasteiger partial charge in [-0.2, -0.15) is 0 Å². The van der Waals surface area contributed by atoms with Crippen LogP contribution in [0.5, 0.6) is 0 Å². The van der Waals surface area contributed by atoms with Gasteiger partial charge < -0.3 is 16.0 Å². The first kappa shape index (κ1) is 12.0. The van der Waals surface area contributed by atoms with Crippen molar-refractivity contribution in [2.45, 2.75) is 19.8 Å². The van der Waals surface area contributed by atoms with E-state index in [-0.39, 0.29) is 18.4 Å². The predicted octanol–water partition coefficient (Wildman–Crippen LogP) is -0.762. The molecule has 5 nitrogen and oxygen atoms in total. The highest BCUT2D eigenvalue weighted by atomic mass is 16.2. The van der Waals surface area contributed by atoms with E-state index in [4.69, 9.17) is 0 Å². The molecule has 1 saturated heterocycles. The van der Waals surface area contributed by atoms with Crippen LogP contribution in [0.3, 0.4) is 0 Å². The number of amides is 2. The van der Waals surface area contributed by atoms with Gasteiger partial charge in [-0.15, -0.1) is 0 Å². The third-order valence-corrected chi connectivity index (χ3v) is 2.46. The first-order valence-corrected chi connectivity index (χ1v) is 5.46. The van der Waals surface area contributed by atoms with Crippen molar-refractivity contribution in [3.8, 4) is 0 Å². The fourth-order valence-corrected chi connectivity index (χ4v) is 1.66. The van der Waals surface area contributed by atoms with Crippen LogP contribution < -0.4 is 16.0 Å². The molecule has 0 aromatic rings. The van der Waals surface area contributed by atoms with Gasteiger partial charge in [0, 0.05) is 13.0 Å². The SMILES string of the molecule is CCNC(=O)CNC(=O)CC1CCNC1. The van der Waals surface area contributed by atoms with Crippen LogP contribution in [0, 0.1) is 5.92 Å². The second-order valence-corrected chi connectivity index (χ2v) is 3.79. The van der Waals surface area contributed by atoms with E-state index in [9.17, 15) is 9.59 Å². The lowest BCUT2D eigenvalue weighted by Crippen LogP contribution is -2.37. The Morgan fingerprint density at radius 1 is 1.33 bits per heavy atom. The molecular weight excluding hydrogens is 194 g/mol. The van der Waals surface area contributed by atoms with E-state index in [1.54, 1.807) is 0 Å². The average molecular weight is 213 g/mol. The molecule has 1 heterocycles. The van der Waals surface area contributed by atoms with Crippen molar-refractivity contribution in [2.24, 2.45) is 5.92 Å². The number of carbonyl (C=O) groups is 2. The molecular formula is C10H19N3O2. The Bertz CT molecular complexity index is 225. The van der Waals surface area contributed by atoms with Crippen LogP contribution >= 0.6 is 0 Å². The molecule has 1 rings (SSSR count). The van der Waals surface area contributed by atoms with Gasteiger partial charge in [0.1, 0.15) is 0 Å². The van der Waals surface area contributed by atoms with Crippen LogP contribution in [0.15, 0.2) is 0 Å². The van der Waals surface area contributed by atoms with E-state index in [1.807, 2.05) is 6.92 Å². The van der Waals surface area contributed by atoms with E-state index in [0.717, 1.165) is 19.5 Å². The number of hydrogen-bond donors (Lipinski definition) is 3. The lowest BCUT2D eigenvalue weighted by Gasteiger charge is -2.08. The van der Waals surface area contributed by atoms with Crippen molar-refractivity contribution in [3.05, 3.63) is 0 Å². The van der Waals surface area contributed by atoms with Crippen LogP contribution in [0.25, 0.3) is 0 Å². The molecule has 1 fully saturated rings. The Kier molecular flexibility index (Phi) is 5.10. The highest BCUT2D eigenvalue weighted by molar-refractivity contribution is 5.84. The van der Waals surface area contributed by atoms with E-state index in [2.05, 4.69) is 16.0 Å². The quantitative estimate of drug-likeness (QED) is 0.562. The molecule has 1 aliphatic heterocycles. The molecule has 1 atom stereocenters.